The summed E-state index contributed by atoms with van der Waals surface area (Å²) in [6, 6.07) is 48.6. The zero-order chi connectivity index (χ0) is 37.0. The summed E-state index contributed by atoms with van der Waals surface area (Å²) in [5.41, 5.74) is 4.48. The van der Waals surface area contributed by atoms with Crippen molar-refractivity contribution >= 4 is 21.9 Å². The Balaban J connectivity index is 0.000000184. The van der Waals surface area contributed by atoms with Crippen molar-refractivity contribution in [3.8, 4) is 23.0 Å². The van der Waals surface area contributed by atoms with Crippen LogP contribution in [-0.4, -0.2) is 0 Å². The van der Waals surface area contributed by atoms with Crippen LogP contribution in [0.5, 0.6) is 23.0 Å². The molecule has 0 spiro atoms. The average molecular weight is 780 g/mol. The van der Waals surface area contributed by atoms with E-state index in [0.29, 0.717) is 71.4 Å². The van der Waals surface area contributed by atoms with E-state index in [1.54, 1.807) is 24.3 Å². The molecule has 55 heavy (non-hydrogen) atoms. The summed E-state index contributed by atoms with van der Waals surface area (Å²) in [7, 11) is 0. The number of benzene rings is 6. The van der Waals surface area contributed by atoms with Crippen LogP contribution >= 0.6 is 0 Å². The van der Waals surface area contributed by atoms with Crippen molar-refractivity contribution in [3.63, 3.8) is 0 Å². The summed E-state index contributed by atoms with van der Waals surface area (Å²) >= 11 is 0. The molecular formula is C46H34O8Zn. The van der Waals surface area contributed by atoms with Gasteiger partial charge >= 0.3 is 19.5 Å². The van der Waals surface area contributed by atoms with E-state index in [0.717, 1.165) is 22.3 Å². The van der Waals surface area contributed by atoms with Gasteiger partial charge < -0.3 is 37.4 Å². The molecule has 2 heterocycles. The minimum absolute atomic E-state index is 0. The molecule has 0 atom stereocenters. The van der Waals surface area contributed by atoms with Gasteiger partial charge in [0.05, 0.1) is 10.9 Å². The maximum atomic E-state index is 12.3. The van der Waals surface area contributed by atoms with Crippen LogP contribution in [0.3, 0.4) is 0 Å². The molecule has 0 bridgehead atoms. The quantitative estimate of drug-likeness (QED) is 0.0894. The summed E-state index contributed by atoms with van der Waals surface area (Å²) in [4.78, 5) is 24.6. The summed E-state index contributed by atoms with van der Waals surface area (Å²) in [6.45, 7) is 1.50. The molecule has 8 rings (SSSR count). The second-order valence-corrected chi connectivity index (χ2v) is 12.1. The predicted molar refractivity (Wildman–Crippen MR) is 206 cm³/mol. The van der Waals surface area contributed by atoms with E-state index in [2.05, 4.69) is 12.5 Å². The van der Waals surface area contributed by atoms with Crippen LogP contribution < -0.4 is 29.8 Å². The molecule has 0 saturated carbocycles. The third kappa shape index (κ3) is 10.4. The van der Waals surface area contributed by atoms with Gasteiger partial charge in [0.15, 0.2) is 0 Å². The van der Waals surface area contributed by atoms with Crippen LogP contribution in [0.25, 0.3) is 21.9 Å². The van der Waals surface area contributed by atoms with Gasteiger partial charge in [-0.05, 0) is 57.7 Å². The third-order valence-electron chi connectivity index (χ3n) is 8.26. The molecule has 0 radical (unpaired) electrons. The smallest absolute Gasteiger partial charge is 0.580 e. The van der Waals surface area contributed by atoms with Gasteiger partial charge in [-0.25, -0.2) is 0 Å². The molecule has 2 aromatic heterocycles. The van der Waals surface area contributed by atoms with Gasteiger partial charge in [0.2, 0.25) is 0 Å². The number of hydrogen-bond donors (Lipinski definition) is 0. The van der Waals surface area contributed by atoms with Crippen LogP contribution in [0.4, 0.5) is 0 Å². The molecule has 0 saturated heterocycles. The molecular weight excluding hydrogens is 746 g/mol. The van der Waals surface area contributed by atoms with Gasteiger partial charge in [-0.1, -0.05) is 133 Å². The molecule has 0 aliphatic heterocycles. The van der Waals surface area contributed by atoms with E-state index < -0.39 is 0 Å². The predicted octanol–water partition coefficient (Wildman–Crippen LogP) is 9.50. The zero-order valence-corrected chi connectivity index (χ0v) is 32.8. The molecule has 268 valence electrons. The van der Waals surface area contributed by atoms with Crippen molar-refractivity contribution in [1.29, 1.82) is 0 Å². The Hall–Kier alpha value is -6.44. The van der Waals surface area contributed by atoms with Gasteiger partial charge in [-0.15, -0.1) is 0 Å². The van der Waals surface area contributed by atoms with Crippen molar-refractivity contribution in [3.05, 3.63) is 213 Å². The number of hydrogen-bond acceptors (Lipinski definition) is 8. The first-order valence-electron chi connectivity index (χ1n) is 17.2. The Kier molecular flexibility index (Phi) is 13.3. The zero-order valence-electron chi connectivity index (χ0n) is 29.8. The molecule has 6 aromatic carbocycles. The minimum Gasteiger partial charge on any atom is -0.580 e. The van der Waals surface area contributed by atoms with Gasteiger partial charge in [-0.2, -0.15) is 0 Å². The van der Waals surface area contributed by atoms with Gasteiger partial charge in [-0.3, -0.25) is 0 Å². The van der Waals surface area contributed by atoms with E-state index in [1.165, 1.54) is 12.1 Å². The normalized spacial score (nSPS) is 10.5. The topological polar surface area (TPSA) is 97.3 Å². The molecule has 0 aliphatic rings. The molecule has 8 nitrogen and oxygen atoms in total. The SMILES string of the molecule is O=c1c[c-]oc2cc(OCc3ccccc3)cc(OCc3ccccc3)c12.O=c1c[c-]oc2cc(OCc3ccccc3)cc(OCc3ccccc3)c12.[Zn+2]. The minimum atomic E-state index is -0.200. The van der Waals surface area contributed by atoms with E-state index in [-0.39, 0.29) is 30.3 Å². The maximum absolute atomic E-state index is 12.3. The monoisotopic (exact) mass is 778 g/mol. The fourth-order valence-electron chi connectivity index (χ4n) is 5.56. The molecule has 0 fully saturated rings. The van der Waals surface area contributed by atoms with Crippen LogP contribution in [0.1, 0.15) is 22.3 Å². The van der Waals surface area contributed by atoms with Crippen LogP contribution in [0.2, 0.25) is 0 Å². The Morgan fingerprint density at radius 3 is 1.05 bits per heavy atom. The average Bonchev–Trinajstić information content (AvgIpc) is 3.22. The van der Waals surface area contributed by atoms with Gasteiger partial charge in [0, 0.05) is 23.3 Å². The fraction of sp³-hybridized carbons (Fsp3) is 0.0870. The summed E-state index contributed by atoms with van der Waals surface area (Å²) in [5.74, 6) is 2.00. The Morgan fingerprint density at radius 2 is 0.727 bits per heavy atom. The van der Waals surface area contributed by atoms with E-state index in [4.69, 9.17) is 27.8 Å². The van der Waals surface area contributed by atoms with E-state index in [9.17, 15) is 9.59 Å². The van der Waals surface area contributed by atoms with Crippen molar-refractivity contribution in [2.75, 3.05) is 0 Å². The molecule has 0 N–H and O–H groups in total. The molecule has 8 aromatic rings. The fourth-order valence-corrected chi connectivity index (χ4v) is 5.56. The summed E-state index contributed by atoms with van der Waals surface area (Å²) < 4.78 is 34.4. The molecule has 9 heteroatoms. The van der Waals surface area contributed by atoms with Gasteiger partial charge in [0.25, 0.3) is 0 Å². The standard InChI is InChI=1S/2C23H17O4.Zn/c2*24-20-11-12-25-21-13-19(26-15-17-7-3-1-4-8-17)14-22(23(20)21)27-16-18-9-5-2-6-10-18;/h2*1-11,13-14H,15-16H2;/q2*-1;+2. The number of ether oxygens (including phenoxy) is 4. The van der Waals surface area contributed by atoms with Crippen molar-refractivity contribution in [2.45, 2.75) is 26.4 Å². The maximum Gasteiger partial charge on any atom is 2.00 e. The Labute approximate surface area is 330 Å². The van der Waals surface area contributed by atoms with Crippen molar-refractivity contribution < 1.29 is 47.3 Å². The first kappa shape index (κ1) is 38.3. The number of rotatable bonds is 12. The van der Waals surface area contributed by atoms with Crippen LogP contribution in [-0.2, 0) is 45.9 Å². The van der Waals surface area contributed by atoms with E-state index in [1.807, 2.05) is 121 Å². The summed E-state index contributed by atoms with van der Waals surface area (Å²) in [6.07, 6.45) is 5.01. The van der Waals surface area contributed by atoms with Crippen LogP contribution in [0.15, 0.2) is 176 Å². The largest absolute Gasteiger partial charge is 2.00 e. The number of fused-ring (bicyclic) bond motifs is 2. The second-order valence-electron chi connectivity index (χ2n) is 12.1. The van der Waals surface area contributed by atoms with E-state index >= 15 is 0 Å². The van der Waals surface area contributed by atoms with Crippen molar-refractivity contribution in [2.24, 2.45) is 0 Å². The third-order valence-corrected chi connectivity index (χ3v) is 8.26. The molecule has 0 amide bonds. The summed E-state index contributed by atoms with van der Waals surface area (Å²) in [5, 5.41) is 0.772. The second kappa shape index (κ2) is 19.1. The Morgan fingerprint density at radius 1 is 0.418 bits per heavy atom. The molecule has 0 aliphatic carbocycles. The molecule has 0 unspecified atom stereocenters. The first-order chi connectivity index (χ1) is 26.6. The first-order valence-corrected chi connectivity index (χ1v) is 17.2. The van der Waals surface area contributed by atoms with Crippen LogP contribution in [0, 0.1) is 12.5 Å². The van der Waals surface area contributed by atoms with Crippen molar-refractivity contribution in [1.82, 2.24) is 0 Å². The Bertz CT molecular complexity index is 2360. The van der Waals surface area contributed by atoms with Gasteiger partial charge in [0.1, 0.15) is 49.4 Å².